The first kappa shape index (κ1) is 12.9. The molecule has 0 aromatic heterocycles. The largest absolute Gasteiger partial charge is 0.508 e. The Bertz CT molecular complexity index is 410. The molecule has 0 radical (unpaired) electrons. The van der Waals surface area contributed by atoms with Crippen molar-refractivity contribution < 1.29 is 19.3 Å². The zero-order valence-electron chi connectivity index (χ0n) is 10.5. The van der Waals surface area contributed by atoms with Crippen molar-refractivity contribution in [3.63, 3.8) is 0 Å². The second-order valence-electron chi connectivity index (χ2n) is 4.19. The van der Waals surface area contributed by atoms with Crippen molar-refractivity contribution in [2.75, 3.05) is 20.3 Å². The molecule has 1 aliphatic rings. The van der Waals surface area contributed by atoms with Crippen molar-refractivity contribution >= 4 is 0 Å². The lowest BCUT2D eigenvalue weighted by Crippen LogP contribution is -2.30. The number of phenolic OH excluding ortho intramolecular Hbond substituents is 1. The lowest BCUT2D eigenvalue weighted by molar-refractivity contribution is -0.184. The third-order valence-electron chi connectivity index (χ3n) is 2.93. The maximum Gasteiger partial charge on any atom is 0.167 e. The molecule has 0 spiro atoms. The van der Waals surface area contributed by atoms with Crippen LogP contribution in [0.2, 0.25) is 0 Å². The molecule has 1 fully saturated rings. The number of phenols is 1. The molecule has 0 bridgehead atoms. The van der Waals surface area contributed by atoms with Crippen molar-refractivity contribution in [3.05, 3.63) is 36.4 Å². The Kier molecular flexibility index (Phi) is 4.23. The van der Waals surface area contributed by atoms with Gasteiger partial charge in [0, 0.05) is 6.07 Å². The molecule has 1 heterocycles. The molecule has 98 valence electrons. The molecule has 1 saturated heterocycles. The molecule has 1 N–H and O–H groups in total. The SMILES string of the molecule is C=CC(c1cc(O)cc(OC)c1)C1OCCCO1. The van der Waals surface area contributed by atoms with Crippen LogP contribution < -0.4 is 4.74 Å². The van der Waals surface area contributed by atoms with Gasteiger partial charge in [0.2, 0.25) is 0 Å². The summed E-state index contributed by atoms with van der Waals surface area (Å²) in [7, 11) is 1.56. The van der Waals surface area contributed by atoms with Crippen molar-refractivity contribution in [3.8, 4) is 11.5 Å². The normalized spacial score (nSPS) is 18.3. The monoisotopic (exact) mass is 250 g/mol. The molecule has 18 heavy (non-hydrogen) atoms. The minimum Gasteiger partial charge on any atom is -0.508 e. The number of methoxy groups -OCH3 is 1. The van der Waals surface area contributed by atoms with E-state index < -0.39 is 0 Å². The van der Waals surface area contributed by atoms with E-state index in [0.29, 0.717) is 19.0 Å². The minimum absolute atomic E-state index is 0.119. The van der Waals surface area contributed by atoms with Gasteiger partial charge in [-0.3, -0.25) is 0 Å². The second kappa shape index (κ2) is 5.89. The fraction of sp³-hybridized carbons (Fsp3) is 0.429. The average molecular weight is 250 g/mol. The molecule has 1 atom stereocenters. The summed E-state index contributed by atoms with van der Waals surface area (Å²) in [5.41, 5.74) is 0.869. The Hall–Kier alpha value is -1.52. The Morgan fingerprint density at radius 1 is 1.39 bits per heavy atom. The maximum absolute atomic E-state index is 9.67. The van der Waals surface area contributed by atoms with Gasteiger partial charge < -0.3 is 19.3 Å². The molecule has 1 aliphatic heterocycles. The maximum atomic E-state index is 9.67. The number of rotatable bonds is 4. The van der Waals surface area contributed by atoms with E-state index in [1.807, 2.05) is 6.07 Å². The summed E-state index contributed by atoms with van der Waals surface area (Å²) in [5, 5.41) is 9.67. The summed E-state index contributed by atoms with van der Waals surface area (Å²) in [6, 6.07) is 5.09. The molecule has 1 aromatic carbocycles. The number of hydrogen-bond donors (Lipinski definition) is 1. The van der Waals surface area contributed by atoms with Crippen LogP contribution in [0.25, 0.3) is 0 Å². The Labute approximate surface area is 107 Å². The lowest BCUT2D eigenvalue weighted by Gasteiger charge is -2.29. The summed E-state index contributed by atoms with van der Waals surface area (Å²) >= 11 is 0. The van der Waals surface area contributed by atoms with Gasteiger partial charge in [-0.1, -0.05) is 6.08 Å². The van der Waals surface area contributed by atoms with Crippen LogP contribution in [-0.2, 0) is 9.47 Å². The van der Waals surface area contributed by atoms with Gasteiger partial charge in [-0.25, -0.2) is 0 Å². The van der Waals surface area contributed by atoms with E-state index in [1.54, 1.807) is 25.3 Å². The molecule has 4 heteroatoms. The van der Waals surface area contributed by atoms with E-state index >= 15 is 0 Å². The van der Waals surface area contributed by atoms with E-state index in [1.165, 1.54) is 0 Å². The fourth-order valence-electron chi connectivity index (χ4n) is 2.03. The van der Waals surface area contributed by atoms with Crippen LogP contribution in [0.3, 0.4) is 0 Å². The van der Waals surface area contributed by atoms with E-state index in [0.717, 1.165) is 12.0 Å². The summed E-state index contributed by atoms with van der Waals surface area (Å²) in [6.45, 7) is 5.19. The second-order valence-corrected chi connectivity index (χ2v) is 4.19. The van der Waals surface area contributed by atoms with Crippen LogP contribution in [-0.4, -0.2) is 31.7 Å². The van der Waals surface area contributed by atoms with Gasteiger partial charge in [0.05, 0.1) is 26.2 Å². The van der Waals surface area contributed by atoms with Gasteiger partial charge in [0.1, 0.15) is 11.5 Å². The Balaban J connectivity index is 2.25. The molecular formula is C14H18O4. The summed E-state index contributed by atoms with van der Waals surface area (Å²) in [6.07, 6.45) is 2.33. The third kappa shape index (κ3) is 2.83. The molecule has 0 amide bonds. The summed E-state index contributed by atoms with van der Waals surface area (Å²) < 4.78 is 16.3. The summed E-state index contributed by atoms with van der Waals surface area (Å²) in [5.74, 6) is 0.644. The molecule has 0 saturated carbocycles. The van der Waals surface area contributed by atoms with Gasteiger partial charge in [-0.05, 0) is 24.1 Å². The van der Waals surface area contributed by atoms with Crippen LogP contribution in [0.15, 0.2) is 30.9 Å². The fourth-order valence-corrected chi connectivity index (χ4v) is 2.03. The quantitative estimate of drug-likeness (QED) is 0.834. The van der Waals surface area contributed by atoms with Crippen LogP contribution in [0.1, 0.15) is 17.9 Å². The van der Waals surface area contributed by atoms with Crippen molar-refractivity contribution in [2.24, 2.45) is 0 Å². The third-order valence-corrected chi connectivity index (χ3v) is 2.93. The summed E-state index contributed by atoms with van der Waals surface area (Å²) in [4.78, 5) is 0. The number of hydrogen-bond acceptors (Lipinski definition) is 4. The molecule has 2 rings (SSSR count). The van der Waals surface area contributed by atoms with Gasteiger partial charge >= 0.3 is 0 Å². The highest BCUT2D eigenvalue weighted by molar-refractivity contribution is 5.40. The molecule has 4 nitrogen and oxygen atoms in total. The number of ether oxygens (including phenoxy) is 3. The van der Waals surface area contributed by atoms with E-state index in [2.05, 4.69) is 6.58 Å². The van der Waals surface area contributed by atoms with Crippen LogP contribution in [0, 0.1) is 0 Å². The molecular weight excluding hydrogens is 232 g/mol. The molecule has 1 unspecified atom stereocenters. The van der Waals surface area contributed by atoms with Crippen LogP contribution >= 0.6 is 0 Å². The van der Waals surface area contributed by atoms with Gasteiger partial charge in [0.25, 0.3) is 0 Å². The zero-order valence-corrected chi connectivity index (χ0v) is 10.5. The number of aromatic hydroxyl groups is 1. The standard InChI is InChI=1S/C14H18O4/c1-3-13(14-17-5-4-6-18-14)10-7-11(15)9-12(8-10)16-2/h3,7-9,13-15H,1,4-6H2,2H3. The van der Waals surface area contributed by atoms with Crippen LogP contribution in [0.4, 0.5) is 0 Å². The lowest BCUT2D eigenvalue weighted by atomic mass is 9.97. The highest BCUT2D eigenvalue weighted by Crippen LogP contribution is 2.31. The minimum atomic E-state index is -0.345. The number of benzene rings is 1. The highest BCUT2D eigenvalue weighted by Gasteiger charge is 2.25. The smallest absolute Gasteiger partial charge is 0.167 e. The highest BCUT2D eigenvalue weighted by atomic mass is 16.7. The Morgan fingerprint density at radius 2 is 2.11 bits per heavy atom. The van der Waals surface area contributed by atoms with Crippen molar-refractivity contribution in [1.82, 2.24) is 0 Å². The van der Waals surface area contributed by atoms with E-state index in [4.69, 9.17) is 14.2 Å². The Morgan fingerprint density at radius 3 is 2.72 bits per heavy atom. The first-order chi connectivity index (χ1) is 8.74. The first-order valence-electron chi connectivity index (χ1n) is 5.98. The van der Waals surface area contributed by atoms with Gasteiger partial charge in [-0.2, -0.15) is 0 Å². The molecule has 0 aliphatic carbocycles. The topological polar surface area (TPSA) is 47.9 Å². The van der Waals surface area contributed by atoms with E-state index in [-0.39, 0.29) is 18.0 Å². The first-order valence-corrected chi connectivity index (χ1v) is 5.98. The predicted molar refractivity (Wildman–Crippen MR) is 67.9 cm³/mol. The van der Waals surface area contributed by atoms with Crippen LogP contribution in [0.5, 0.6) is 11.5 Å². The van der Waals surface area contributed by atoms with E-state index in [9.17, 15) is 5.11 Å². The predicted octanol–water partition coefficient (Wildman–Crippen LogP) is 2.43. The molecule has 1 aromatic rings. The van der Waals surface area contributed by atoms with Gasteiger partial charge in [0.15, 0.2) is 6.29 Å². The van der Waals surface area contributed by atoms with Gasteiger partial charge in [-0.15, -0.1) is 6.58 Å². The van der Waals surface area contributed by atoms with Crippen molar-refractivity contribution in [2.45, 2.75) is 18.6 Å². The zero-order chi connectivity index (χ0) is 13.0. The van der Waals surface area contributed by atoms with Crippen molar-refractivity contribution in [1.29, 1.82) is 0 Å². The average Bonchev–Trinajstić information content (AvgIpc) is 2.40.